The van der Waals surface area contributed by atoms with E-state index in [1.165, 1.54) is 12.4 Å². The van der Waals surface area contributed by atoms with Crippen LogP contribution in [-0.4, -0.2) is 14.8 Å². The second-order valence-corrected chi connectivity index (χ2v) is 3.96. The van der Waals surface area contributed by atoms with Crippen molar-refractivity contribution in [1.29, 1.82) is 0 Å². The van der Waals surface area contributed by atoms with E-state index in [2.05, 4.69) is 10.1 Å². The van der Waals surface area contributed by atoms with E-state index in [-0.39, 0.29) is 11.0 Å². The van der Waals surface area contributed by atoms with Crippen molar-refractivity contribution in [2.45, 2.75) is 6.18 Å². The average molecular weight is 282 g/mol. The first-order valence-electron chi connectivity index (χ1n) is 4.31. The zero-order chi connectivity index (χ0) is 12.6. The van der Waals surface area contributed by atoms with Crippen LogP contribution in [-0.2, 0) is 6.18 Å². The van der Waals surface area contributed by atoms with Gasteiger partial charge in [-0.2, -0.15) is 18.3 Å². The molecule has 0 spiro atoms. The van der Waals surface area contributed by atoms with Crippen LogP contribution in [0.1, 0.15) is 5.56 Å². The summed E-state index contributed by atoms with van der Waals surface area (Å²) in [7, 11) is 0. The van der Waals surface area contributed by atoms with Gasteiger partial charge in [-0.05, 0) is 12.1 Å². The predicted octanol–water partition coefficient (Wildman–Crippen LogP) is 3.59. The van der Waals surface area contributed by atoms with E-state index < -0.39 is 11.7 Å². The number of hydrogen-bond acceptors (Lipinski definition) is 2. The Bertz CT molecular complexity index is 551. The Morgan fingerprint density at radius 2 is 1.88 bits per heavy atom. The lowest BCUT2D eigenvalue weighted by Crippen LogP contribution is -2.08. The predicted molar refractivity (Wildman–Crippen MR) is 56.4 cm³/mol. The molecule has 0 bridgehead atoms. The zero-order valence-electron chi connectivity index (χ0n) is 8.04. The number of pyridine rings is 1. The first kappa shape index (κ1) is 12.2. The highest BCUT2D eigenvalue weighted by atomic mass is 35.5. The largest absolute Gasteiger partial charge is 0.416 e. The van der Waals surface area contributed by atoms with Crippen molar-refractivity contribution < 1.29 is 13.2 Å². The van der Waals surface area contributed by atoms with Gasteiger partial charge in [-0.1, -0.05) is 23.2 Å². The molecular weight excluding hydrogens is 278 g/mol. The van der Waals surface area contributed by atoms with Gasteiger partial charge in [0.2, 0.25) is 0 Å². The molecule has 0 aliphatic carbocycles. The molecule has 0 N–H and O–H groups in total. The quantitative estimate of drug-likeness (QED) is 0.748. The summed E-state index contributed by atoms with van der Waals surface area (Å²) in [6.07, 6.45) is -1.87. The first-order chi connectivity index (χ1) is 7.86. The molecule has 17 heavy (non-hydrogen) atoms. The van der Waals surface area contributed by atoms with Crippen LogP contribution in [0.4, 0.5) is 13.2 Å². The topological polar surface area (TPSA) is 30.7 Å². The van der Waals surface area contributed by atoms with Gasteiger partial charge in [-0.3, -0.25) is 0 Å². The molecule has 8 heteroatoms. The molecule has 2 aromatic rings. The third kappa shape index (κ3) is 2.70. The summed E-state index contributed by atoms with van der Waals surface area (Å²) in [4.78, 5) is 3.74. The summed E-state index contributed by atoms with van der Waals surface area (Å²) in [6, 6.07) is 1.59. The molecule has 0 aromatic carbocycles. The van der Waals surface area contributed by atoms with Crippen molar-refractivity contribution in [3.63, 3.8) is 0 Å². The van der Waals surface area contributed by atoms with Crippen molar-refractivity contribution in [2.75, 3.05) is 0 Å². The molecule has 90 valence electrons. The molecule has 2 rings (SSSR count). The minimum Gasteiger partial charge on any atom is -0.221 e. The van der Waals surface area contributed by atoms with E-state index in [1.54, 1.807) is 0 Å². The fraction of sp³-hybridized carbons (Fsp3) is 0.111. The van der Waals surface area contributed by atoms with E-state index in [1.807, 2.05) is 0 Å². The van der Waals surface area contributed by atoms with Crippen LogP contribution < -0.4 is 0 Å². The third-order valence-electron chi connectivity index (χ3n) is 1.89. The van der Waals surface area contributed by atoms with Gasteiger partial charge in [0.05, 0.1) is 23.0 Å². The molecule has 0 fully saturated rings. The maximum atomic E-state index is 12.5. The Balaban J connectivity index is 2.52. The molecule has 0 radical (unpaired) electrons. The fourth-order valence-corrected chi connectivity index (χ4v) is 1.53. The standard InChI is InChI=1S/C9H4Cl2F3N3/c10-6-3-15-17(4-6)8-2-5(9(12,13)14)1-7(11)16-8/h1-4H. The number of aromatic nitrogens is 3. The molecule has 0 aliphatic rings. The molecular formula is C9H4Cl2F3N3. The Kier molecular flexibility index (Phi) is 3.01. The monoisotopic (exact) mass is 281 g/mol. The van der Waals surface area contributed by atoms with Crippen LogP contribution >= 0.6 is 23.2 Å². The van der Waals surface area contributed by atoms with Gasteiger partial charge in [0.25, 0.3) is 0 Å². The lowest BCUT2D eigenvalue weighted by Gasteiger charge is -2.08. The molecule has 2 heterocycles. The molecule has 0 unspecified atom stereocenters. The van der Waals surface area contributed by atoms with Crippen molar-refractivity contribution in [3.8, 4) is 5.82 Å². The van der Waals surface area contributed by atoms with Gasteiger partial charge >= 0.3 is 6.18 Å². The number of halogens is 5. The van der Waals surface area contributed by atoms with Crippen molar-refractivity contribution in [1.82, 2.24) is 14.8 Å². The smallest absolute Gasteiger partial charge is 0.221 e. The van der Waals surface area contributed by atoms with Crippen LogP contribution in [0.25, 0.3) is 5.82 Å². The number of nitrogens with zero attached hydrogens (tertiary/aromatic N) is 3. The third-order valence-corrected chi connectivity index (χ3v) is 2.28. The Labute approximate surface area is 104 Å². The van der Waals surface area contributed by atoms with Crippen molar-refractivity contribution in [2.24, 2.45) is 0 Å². The van der Waals surface area contributed by atoms with Gasteiger partial charge < -0.3 is 0 Å². The number of rotatable bonds is 1. The highest BCUT2D eigenvalue weighted by molar-refractivity contribution is 6.30. The highest BCUT2D eigenvalue weighted by Crippen LogP contribution is 2.31. The normalized spacial score (nSPS) is 11.8. The van der Waals surface area contributed by atoms with Gasteiger partial charge in [0, 0.05) is 0 Å². The Morgan fingerprint density at radius 3 is 2.41 bits per heavy atom. The van der Waals surface area contributed by atoms with Gasteiger partial charge in [-0.25, -0.2) is 9.67 Å². The van der Waals surface area contributed by atoms with Crippen molar-refractivity contribution >= 4 is 23.2 Å². The van der Waals surface area contributed by atoms with Crippen LogP contribution in [0.5, 0.6) is 0 Å². The number of alkyl halides is 3. The molecule has 0 amide bonds. The van der Waals surface area contributed by atoms with Crippen molar-refractivity contribution in [3.05, 3.63) is 40.3 Å². The van der Waals surface area contributed by atoms with Crippen LogP contribution in [0, 0.1) is 0 Å². The molecule has 0 saturated carbocycles. The lowest BCUT2D eigenvalue weighted by molar-refractivity contribution is -0.137. The van der Waals surface area contributed by atoms with E-state index in [0.29, 0.717) is 5.02 Å². The Hall–Kier alpha value is -1.27. The number of hydrogen-bond donors (Lipinski definition) is 0. The van der Waals surface area contributed by atoms with E-state index in [4.69, 9.17) is 23.2 Å². The van der Waals surface area contributed by atoms with Crippen LogP contribution in [0.3, 0.4) is 0 Å². The SMILES string of the molecule is FC(F)(F)c1cc(Cl)nc(-n2cc(Cl)cn2)c1. The second-order valence-electron chi connectivity index (χ2n) is 3.14. The summed E-state index contributed by atoms with van der Waals surface area (Å²) in [5.41, 5.74) is -0.890. The van der Waals surface area contributed by atoms with E-state index in [0.717, 1.165) is 16.8 Å². The van der Waals surface area contributed by atoms with E-state index >= 15 is 0 Å². The molecule has 2 aromatic heterocycles. The molecule has 3 nitrogen and oxygen atoms in total. The summed E-state index contributed by atoms with van der Waals surface area (Å²) < 4.78 is 38.7. The summed E-state index contributed by atoms with van der Waals surface area (Å²) >= 11 is 11.1. The van der Waals surface area contributed by atoms with Gasteiger partial charge in [-0.15, -0.1) is 0 Å². The summed E-state index contributed by atoms with van der Waals surface area (Å²) in [6.45, 7) is 0. The van der Waals surface area contributed by atoms with E-state index in [9.17, 15) is 13.2 Å². The maximum absolute atomic E-state index is 12.5. The summed E-state index contributed by atoms with van der Waals surface area (Å²) in [5.74, 6) is -0.0447. The van der Waals surface area contributed by atoms with Gasteiger partial charge in [0.1, 0.15) is 5.15 Å². The van der Waals surface area contributed by atoms with Crippen LogP contribution in [0.15, 0.2) is 24.5 Å². The van der Waals surface area contributed by atoms with Crippen LogP contribution in [0.2, 0.25) is 10.2 Å². The fourth-order valence-electron chi connectivity index (χ4n) is 1.19. The first-order valence-corrected chi connectivity index (χ1v) is 5.07. The zero-order valence-corrected chi connectivity index (χ0v) is 9.55. The minimum atomic E-state index is -4.49. The average Bonchev–Trinajstić information content (AvgIpc) is 2.62. The minimum absolute atomic E-state index is 0.0447. The maximum Gasteiger partial charge on any atom is 0.416 e. The highest BCUT2D eigenvalue weighted by Gasteiger charge is 2.31. The molecule has 0 atom stereocenters. The Morgan fingerprint density at radius 1 is 1.18 bits per heavy atom. The molecule has 0 saturated heterocycles. The lowest BCUT2D eigenvalue weighted by atomic mass is 10.2. The second kappa shape index (κ2) is 4.19. The summed E-state index contributed by atoms with van der Waals surface area (Å²) in [5, 5.41) is 3.78. The van der Waals surface area contributed by atoms with Gasteiger partial charge in [0.15, 0.2) is 5.82 Å². The molecule has 0 aliphatic heterocycles.